The summed E-state index contributed by atoms with van der Waals surface area (Å²) in [5, 5.41) is 3.27. The molecule has 6 heteroatoms. The quantitative estimate of drug-likeness (QED) is 0.826. The lowest BCUT2D eigenvalue weighted by Gasteiger charge is -2.37. The number of piperidine rings is 1. The topological polar surface area (TPSA) is 48.1 Å². The van der Waals surface area contributed by atoms with Crippen molar-refractivity contribution in [2.75, 3.05) is 51.3 Å². The Morgan fingerprint density at radius 1 is 0.933 bits per heavy atom. The number of hydrogen-bond acceptors (Lipinski definition) is 4. The van der Waals surface area contributed by atoms with Crippen molar-refractivity contribution >= 4 is 11.7 Å². The van der Waals surface area contributed by atoms with E-state index in [1.165, 1.54) is 11.3 Å². The van der Waals surface area contributed by atoms with Gasteiger partial charge in [-0.15, -0.1) is 0 Å². The van der Waals surface area contributed by atoms with Crippen LogP contribution in [-0.2, 0) is 6.54 Å². The predicted octanol–water partition coefficient (Wildman–Crippen LogP) is 3.19. The molecule has 2 aromatic carbocycles. The average Bonchev–Trinajstić information content (AvgIpc) is 2.81. The van der Waals surface area contributed by atoms with E-state index in [9.17, 15) is 4.79 Å². The largest absolute Gasteiger partial charge is 0.497 e. The number of urea groups is 1. The molecule has 0 atom stereocenters. The summed E-state index contributed by atoms with van der Waals surface area (Å²) in [5.41, 5.74) is 2.55. The lowest BCUT2D eigenvalue weighted by Crippen LogP contribution is -2.54. The minimum absolute atomic E-state index is 0.0947. The number of nitrogens with one attached hydrogen (secondary N) is 1. The first-order valence-electron chi connectivity index (χ1n) is 10.9. The van der Waals surface area contributed by atoms with Crippen molar-refractivity contribution < 1.29 is 9.53 Å². The van der Waals surface area contributed by atoms with E-state index in [1.807, 2.05) is 23.1 Å². The molecule has 2 fully saturated rings. The van der Waals surface area contributed by atoms with Gasteiger partial charge in [0.25, 0.3) is 0 Å². The molecule has 0 saturated carbocycles. The van der Waals surface area contributed by atoms with E-state index < -0.39 is 0 Å². The fraction of sp³-hybridized carbons (Fsp3) is 0.458. The predicted molar refractivity (Wildman–Crippen MR) is 120 cm³/mol. The van der Waals surface area contributed by atoms with Gasteiger partial charge in [-0.1, -0.05) is 30.3 Å². The number of benzene rings is 2. The number of amides is 2. The van der Waals surface area contributed by atoms with Crippen LogP contribution < -0.4 is 15.0 Å². The van der Waals surface area contributed by atoms with Crippen LogP contribution in [0.15, 0.2) is 54.6 Å². The molecular weight excluding hydrogens is 376 g/mol. The minimum Gasteiger partial charge on any atom is -0.497 e. The molecule has 2 heterocycles. The average molecular weight is 409 g/mol. The van der Waals surface area contributed by atoms with Crippen LogP contribution in [0.4, 0.5) is 10.5 Å². The lowest BCUT2D eigenvalue weighted by molar-refractivity contribution is 0.132. The van der Waals surface area contributed by atoms with Crippen molar-refractivity contribution in [2.24, 2.45) is 0 Å². The molecule has 0 unspecified atom stereocenters. The van der Waals surface area contributed by atoms with Gasteiger partial charge in [0.05, 0.1) is 7.11 Å². The molecule has 0 aliphatic carbocycles. The first-order chi connectivity index (χ1) is 14.7. The van der Waals surface area contributed by atoms with Crippen LogP contribution in [-0.4, -0.2) is 68.3 Å². The molecular formula is C24H32N4O2. The van der Waals surface area contributed by atoms with Crippen molar-refractivity contribution in [2.45, 2.75) is 25.4 Å². The Kier molecular flexibility index (Phi) is 6.74. The molecule has 0 spiro atoms. The van der Waals surface area contributed by atoms with Crippen LogP contribution in [0, 0.1) is 0 Å². The highest BCUT2D eigenvalue weighted by Crippen LogP contribution is 2.23. The molecule has 0 aromatic heterocycles. The van der Waals surface area contributed by atoms with Crippen LogP contribution >= 0.6 is 0 Å². The van der Waals surface area contributed by atoms with Crippen molar-refractivity contribution in [1.82, 2.24) is 15.1 Å². The van der Waals surface area contributed by atoms with Crippen LogP contribution in [0.2, 0.25) is 0 Å². The third-order valence-electron chi connectivity index (χ3n) is 6.17. The van der Waals surface area contributed by atoms with Gasteiger partial charge < -0.3 is 19.9 Å². The van der Waals surface area contributed by atoms with Crippen LogP contribution in [0.1, 0.15) is 18.4 Å². The molecule has 30 heavy (non-hydrogen) atoms. The summed E-state index contributed by atoms with van der Waals surface area (Å²) >= 11 is 0. The Morgan fingerprint density at radius 3 is 2.23 bits per heavy atom. The maximum Gasteiger partial charge on any atom is 0.317 e. The Bertz CT molecular complexity index is 796. The molecule has 6 nitrogen and oxygen atoms in total. The van der Waals surface area contributed by atoms with Gasteiger partial charge in [-0.2, -0.15) is 0 Å². The van der Waals surface area contributed by atoms with E-state index in [1.54, 1.807) is 7.11 Å². The van der Waals surface area contributed by atoms with E-state index >= 15 is 0 Å². The Balaban J connectivity index is 1.19. The maximum atomic E-state index is 12.7. The maximum absolute atomic E-state index is 12.7. The van der Waals surface area contributed by atoms with Crippen molar-refractivity contribution in [3.05, 3.63) is 60.2 Å². The monoisotopic (exact) mass is 408 g/mol. The molecule has 1 N–H and O–H groups in total. The lowest BCUT2D eigenvalue weighted by atomic mass is 10.0. The summed E-state index contributed by atoms with van der Waals surface area (Å²) < 4.78 is 5.24. The Morgan fingerprint density at radius 2 is 1.60 bits per heavy atom. The number of piperazine rings is 1. The summed E-state index contributed by atoms with van der Waals surface area (Å²) in [5.74, 6) is 0.879. The van der Waals surface area contributed by atoms with Gasteiger partial charge in [0.15, 0.2) is 0 Å². The van der Waals surface area contributed by atoms with Crippen molar-refractivity contribution in [3.63, 3.8) is 0 Å². The highest BCUT2D eigenvalue weighted by Gasteiger charge is 2.25. The highest BCUT2D eigenvalue weighted by molar-refractivity contribution is 5.74. The molecule has 0 bridgehead atoms. The Hall–Kier alpha value is -2.73. The van der Waals surface area contributed by atoms with E-state index in [2.05, 4.69) is 51.5 Å². The standard InChI is InChI=1S/C24H32N4O2/c1-30-23-9-7-22(8-10-23)27-13-11-21(12-14-27)25-24(29)28-17-15-26(16-18-28)19-20-5-3-2-4-6-20/h2-10,21H,11-19H2,1H3,(H,25,29). The van der Waals surface area contributed by atoms with Gasteiger partial charge in [0.1, 0.15) is 5.75 Å². The molecule has 2 saturated heterocycles. The SMILES string of the molecule is COc1ccc(N2CCC(NC(=O)N3CCN(Cc4ccccc4)CC3)CC2)cc1. The number of carbonyl (C=O) groups excluding carboxylic acids is 1. The zero-order chi connectivity index (χ0) is 20.8. The summed E-state index contributed by atoms with van der Waals surface area (Å²) in [4.78, 5) is 19.5. The fourth-order valence-electron chi connectivity index (χ4n) is 4.29. The molecule has 2 aromatic rings. The molecule has 2 aliphatic rings. The number of methoxy groups -OCH3 is 1. The van der Waals surface area contributed by atoms with Gasteiger partial charge in [-0.3, -0.25) is 4.90 Å². The number of anilines is 1. The van der Waals surface area contributed by atoms with Crippen LogP contribution in [0.25, 0.3) is 0 Å². The summed E-state index contributed by atoms with van der Waals surface area (Å²) in [6, 6.07) is 19.1. The number of carbonyl (C=O) groups is 1. The van der Waals surface area contributed by atoms with Gasteiger partial charge in [0, 0.05) is 57.5 Å². The van der Waals surface area contributed by atoms with Crippen LogP contribution in [0.5, 0.6) is 5.75 Å². The van der Waals surface area contributed by atoms with E-state index in [0.717, 1.165) is 64.4 Å². The normalized spacial score (nSPS) is 18.3. The first-order valence-corrected chi connectivity index (χ1v) is 10.9. The molecule has 160 valence electrons. The van der Waals surface area contributed by atoms with E-state index in [-0.39, 0.29) is 12.1 Å². The molecule has 0 radical (unpaired) electrons. The number of rotatable bonds is 5. The van der Waals surface area contributed by atoms with Crippen molar-refractivity contribution in [1.29, 1.82) is 0 Å². The molecule has 2 aliphatic heterocycles. The second-order valence-corrected chi connectivity index (χ2v) is 8.16. The number of nitrogens with zero attached hydrogens (tertiary/aromatic N) is 3. The van der Waals surface area contributed by atoms with Gasteiger partial charge >= 0.3 is 6.03 Å². The van der Waals surface area contributed by atoms with Crippen LogP contribution in [0.3, 0.4) is 0 Å². The Labute approximate surface area is 179 Å². The second-order valence-electron chi connectivity index (χ2n) is 8.16. The fourth-order valence-corrected chi connectivity index (χ4v) is 4.29. The van der Waals surface area contributed by atoms with E-state index in [4.69, 9.17) is 4.74 Å². The highest BCUT2D eigenvalue weighted by atomic mass is 16.5. The van der Waals surface area contributed by atoms with Gasteiger partial charge in [0.2, 0.25) is 0 Å². The second kappa shape index (κ2) is 9.85. The van der Waals surface area contributed by atoms with Gasteiger partial charge in [-0.05, 0) is 42.7 Å². The summed E-state index contributed by atoms with van der Waals surface area (Å²) in [7, 11) is 1.69. The zero-order valence-electron chi connectivity index (χ0n) is 17.8. The summed E-state index contributed by atoms with van der Waals surface area (Å²) in [6.07, 6.45) is 1.96. The van der Waals surface area contributed by atoms with E-state index in [0.29, 0.717) is 0 Å². The molecule has 4 rings (SSSR count). The summed E-state index contributed by atoms with van der Waals surface area (Å²) in [6.45, 7) is 6.33. The minimum atomic E-state index is 0.0947. The smallest absolute Gasteiger partial charge is 0.317 e. The number of hydrogen-bond donors (Lipinski definition) is 1. The van der Waals surface area contributed by atoms with Gasteiger partial charge in [-0.25, -0.2) is 4.79 Å². The zero-order valence-corrected chi connectivity index (χ0v) is 17.8. The molecule has 2 amide bonds. The first kappa shape index (κ1) is 20.5. The third kappa shape index (κ3) is 5.25. The third-order valence-corrected chi connectivity index (χ3v) is 6.17. The van der Waals surface area contributed by atoms with Crippen molar-refractivity contribution in [3.8, 4) is 5.75 Å². The number of ether oxygens (including phenoxy) is 1.